The third-order valence-corrected chi connectivity index (χ3v) is 3.13. The lowest BCUT2D eigenvalue weighted by molar-refractivity contribution is -0.132. The van der Waals surface area contributed by atoms with Gasteiger partial charge in [0.2, 0.25) is 5.91 Å². The van der Waals surface area contributed by atoms with E-state index < -0.39 is 0 Å². The Morgan fingerprint density at radius 3 is 2.47 bits per heavy atom. The standard InChI is InChI=1S/C13H17NO/c1-10-8-11(2)14(13(10)15)9-12-6-4-3-5-7-12/h3-7,10-11H,8-9H2,1-2H3/t10-,11?/m0/s1. The molecule has 0 spiro atoms. The third kappa shape index (κ3) is 2.04. The first-order chi connectivity index (χ1) is 7.18. The molecule has 1 aromatic rings. The lowest BCUT2D eigenvalue weighted by Crippen LogP contribution is -2.31. The van der Waals surface area contributed by atoms with Crippen molar-refractivity contribution >= 4 is 5.91 Å². The zero-order valence-electron chi connectivity index (χ0n) is 9.31. The summed E-state index contributed by atoms with van der Waals surface area (Å²) in [6.45, 7) is 4.90. The van der Waals surface area contributed by atoms with Gasteiger partial charge in [0.25, 0.3) is 0 Å². The molecule has 1 saturated heterocycles. The van der Waals surface area contributed by atoms with Gasteiger partial charge in [-0.3, -0.25) is 4.79 Å². The molecular weight excluding hydrogens is 186 g/mol. The maximum atomic E-state index is 11.8. The van der Waals surface area contributed by atoms with Crippen LogP contribution in [0.25, 0.3) is 0 Å². The average Bonchev–Trinajstić information content (AvgIpc) is 2.47. The first kappa shape index (κ1) is 10.2. The normalized spacial score (nSPS) is 26.0. The molecule has 0 aromatic heterocycles. The fourth-order valence-corrected chi connectivity index (χ4v) is 2.25. The SMILES string of the molecule is CC1C[C@H](C)C(=O)N1Cc1ccccc1. The summed E-state index contributed by atoms with van der Waals surface area (Å²) in [7, 11) is 0. The van der Waals surface area contributed by atoms with Crippen LogP contribution in [0, 0.1) is 5.92 Å². The van der Waals surface area contributed by atoms with Gasteiger partial charge in [-0.25, -0.2) is 0 Å². The summed E-state index contributed by atoms with van der Waals surface area (Å²) in [6, 6.07) is 10.6. The molecule has 1 amide bonds. The van der Waals surface area contributed by atoms with Gasteiger partial charge >= 0.3 is 0 Å². The molecule has 1 aromatic carbocycles. The molecule has 0 radical (unpaired) electrons. The minimum atomic E-state index is 0.198. The highest BCUT2D eigenvalue weighted by molar-refractivity contribution is 5.81. The maximum absolute atomic E-state index is 11.8. The number of benzene rings is 1. The van der Waals surface area contributed by atoms with Gasteiger partial charge < -0.3 is 4.90 Å². The van der Waals surface area contributed by atoms with E-state index in [9.17, 15) is 4.79 Å². The van der Waals surface area contributed by atoms with Gasteiger partial charge in [-0.05, 0) is 18.9 Å². The highest BCUT2D eigenvalue weighted by atomic mass is 16.2. The molecule has 1 aliphatic rings. The minimum absolute atomic E-state index is 0.198. The minimum Gasteiger partial charge on any atom is -0.335 e. The average molecular weight is 203 g/mol. The lowest BCUT2D eigenvalue weighted by atomic mass is 10.1. The van der Waals surface area contributed by atoms with Gasteiger partial charge in [0, 0.05) is 18.5 Å². The Kier molecular flexibility index (Phi) is 2.76. The van der Waals surface area contributed by atoms with Gasteiger partial charge in [0.15, 0.2) is 0 Å². The van der Waals surface area contributed by atoms with E-state index in [-0.39, 0.29) is 5.92 Å². The van der Waals surface area contributed by atoms with Gasteiger partial charge in [-0.15, -0.1) is 0 Å². The summed E-state index contributed by atoms with van der Waals surface area (Å²) in [5.74, 6) is 0.495. The highest BCUT2D eigenvalue weighted by Gasteiger charge is 2.33. The lowest BCUT2D eigenvalue weighted by Gasteiger charge is -2.21. The van der Waals surface area contributed by atoms with Crippen molar-refractivity contribution in [3.05, 3.63) is 35.9 Å². The molecule has 2 heteroatoms. The van der Waals surface area contributed by atoms with Gasteiger partial charge in [-0.2, -0.15) is 0 Å². The van der Waals surface area contributed by atoms with Crippen molar-refractivity contribution in [3.8, 4) is 0 Å². The van der Waals surface area contributed by atoms with E-state index >= 15 is 0 Å². The first-order valence-corrected chi connectivity index (χ1v) is 5.53. The quantitative estimate of drug-likeness (QED) is 0.723. The van der Waals surface area contributed by atoms with Gasteiger partial charge in [-0.1, -0.05) is 37.3 Å². The summed E-state index contributed by atoms with van der Waals surface area (Å²) in [5, 5.41) is 0. The fourth-order valence-electron chi connectivity index (χ4n) is 2.25. The number of hydrogen-bond acceptors (Lipinski definition) is 1. The van der Waals surface area contributed by atoms with E-state index in [4.69, 9.17) is 0 Å². The second-order valence-electron chi connectivity index (χ2n) is 4.44. The maximum Gasteiger partial charge on any atom is 0.226 e. The molecule has 1 fully saturated rings. The summed E-state index contributed by atoms with van der Waals surface area (Å²) in [4.78, 5) is 13.8. The summed E-state index contributed by atoms with van der Waals surface area (Å²) < 4.78 is 0. The van der Waals surface area contributed by atoms with Crippen LogP contribution in [0.2, 0.25) is 0 Å². The van der Waals surface area contributed by atoms with E-state index in [2.05, 4.69) is 19.1 Å². The van der Waals surface area contributed by atoms with E-state index in [0.717, 1.165) is 13.0 Å². The van der Waals surface area contributed by atoms with Crippen molar-refractivity contribution in [3.63, 3.8) is 0 Å². The van der Waals surface area contributed by atoms with Crippen LogP contribution in [0.1, 0.15) is 25.8 Å². The monoisotopic (exact) mass is 203 g/mol. The largest absolute Gasteiger partial charge is 0.335 e. The summed E-state index contributed by atoms with van der Waals surface area (Å²) >= 11 is 0. The zero-order valence-corrected chi connectivity index (χ0v) is 9.31. The Morgan fingerprint density at radius 2 is 1.93 bits per heavy atom. The van der Waals surface area contributed by atoms with Gasteiger partial charge in [0.05, 0.1) is 0 Å². The van der Waals surface area contributed by atoms with Crippen LogP contribution in [0.3, 0.4) is 0 Å². The summed E-state index contributed by atoms with van der Waals surface area (Å²) in [5.41, 5.74) is 1.21. The molecule has 1 unspecified atom stereocenters. The molecule has 0 saturated carbocycles. The molecule has 2 rings (SSSR count). The van der Waals surface area contributed by atoms with Crippen LogP contribution in [0.15, 0.2) is 30.3 Å². The molecule has 1 aliphatic heterocycles. The number of carbonyl (C=O) groups is 1. The second kappa shape index (κ2) is 4.05. The first-order valence-electron chi connectivity index (χ1n) is 5.53. The number of rotatable bonds is 2. The Hall–Kier alpha value is -1.31. The van der Waals surface area contributed by atoms with Crippen LogP contribution >= 0.6 is 0 Å². The molecule has 0 bridgehead atoms. The number of hydrogen-bond donors (Lipinski definition) is 0. The van der Waals surface area contributed by atoms with Crippen molar-refractivity contribution < 1.29 is 4.79 Å². The van der Waals surface area contributed by atoms with Crippen molar-refractivity contribution in [1.82, 2.24) is 4.90 Å². The fraction of sp³-hybridized carbons (Fsp3) is 0.462. The second-order valence-corrected chi connectivity index (χ2v) is 4.44. The van der Waals surface area contributed by atoms with E-state index in [1.807, 2.05) is 30.0 Å². The number of amides is 1. The van der Waals surface area contributed by atoms with Crippen molar-refractivity contribution in [2.24, 2.45) is 5.92 Å². The van der Waals surface area contributed by atoms with Crippen LogP contribution in [0.5, 0.6) is 0 Å². The van der Waals surface area contributed by atoms with Crippen LogP contribution in [0.4, 0.5) is 0 Å². The van der Waals surface area contributed by atoms with Crippen molar-refractivity contribution in [2.75, 3.05) is 0 Å². The molecule has 15 heavy (non-hydrogen) atoms. The molecule has 0 aliphatic carbocycles. The number of carbonyl (C=O) groups excluding carboxylic acids is 1. The Bertz CT molecular complexity index is 347. The smallest absolute Gasteiger partial charge is 0.226 e. The van der Waals surface area contributed by atoms with Crippen molar-refractivity contribution in [1.29, 1.82) is 0 Å². The molecule has 0 N–H and O–H groups in total. The molecule has 1 heterocycles. The topological polar surface area (TPSA) is 20.3 Å². The Morgan fingerprint density at radius 1 is 1.27 bits per heavy atom. The van der Waals surface area contributed by atoms with E-state index in [1.54, 1.807) is 0 Å². The number of likely N-dealkylation sites (tertiary alicyclic amines) is 1. The Labute approximate surface area is 90.9 Å². The van der Waals surface area contributed by atoms with E-state index in [1.165, 1.54) is 5.56 Å². The predicted molar refractivity (Wildman–Crippen MR) is 60.2 cm³/mol. The van der Waals surface area contributed by atoms with E-state index in [0.29, 0.717) is 11.9 Å². The van der Waals surface area contributed by atoms with Crippen LogP contribution in [-0.4, -0.2) is 16.8 Å². The molecular formula is C13H17NO. The van der Waals surface area contributed by atoms with Crippen LogP contribution in [-0.2, 0) is 11.3 Å². The van der Waals surface area contributed by atoms with Crippen molar-refractivity contribution in [2.45, 2.75) is 32.9 Å². The zero-order chi connectivity index (χ0) is 10.8. The summed E-state index contributed by atoms with van der Waals surface area (Å²) in [6.07, 6.45) is 0.992. The van der Waals surface area contributed by atoms with Crippen LogP contribution < -0.4 is 0 Å². The van der Waals surface area contributed by atoms with Gasteiger partial charge in [0.1, 0.15) is 0 Å². The highest BCUT2D eigenvalue weighted by Crippen LogP contribution is 2.25. The predicted octanol–water partition coefficient (Wildman–Crippen LogP) is 2.44. The molecule has 2 nitrogen and oxygen atoms in total. The molecule has 2 atom stereocenters. The molecule has 80 valence electrons. The Balaban J connectivity index is 2.09. The number of nitrogens with zero attached hydrogens (tertiary/aromatic N) is 1. The third-order valence-electron chi connectivity index (χ3n) is 3.13.